The van der Waals surface area contributed by atoms with Gasteiger partial charge in [0.1, 0.15) is 5.75 Å². The summed E-state index contributed by atoms with van der Waals surface area (Å²) in [7, 11) is 1.68. The van der Waals surface area contributed by atoms with E-state index >= 15 is 0 Å². The molecule has 1 heterocycles. The Kier molecular flexibility index (Phi) is 3.93. The molecule has 0 saturated heterocycles. The Morgan fingerprint density at radius 2 is 2.17 bits per heavy atom. The number of aromatic amines is 1. The van der Waals surface area contributed by atoms with Crippen molar-refractivity contribution >= 4 is 17.4 Å². The summed E-state index contributed by atoms with van der Waals surface area (Å²) in [5.74, 6) is 1.49. The summed E-state index contributed by atoms with van der Waals surface area (Å²) in [6, 6.07) is 7.23. The summed E-state index contributed by atoms with van der Waals surface area (Å²) in [6.07, 6.45) is 0. The first-order valence-electron chi connectivity index (χ1n) is 5.39. The van der Waals surface area contributed by atoms with E-state index < -0.39 is 0 Å². The number of nitrogen functional groups attached to an aromatic ring is 1. The first kappa shape index (κ1) is 12.6. The zero-order chi connectivity index (χ0) is 13.0. The molecule has 2 aromatic rings. The molecule has 2 rings (SSSR count). The van der Waals surface area contributed by atoms with Crippen molar-refractivity contribution in [1.29, 1.82) is 0 Å². The molecule has 18 heavy (non-hydrogen) atoms. The second-order valence-electron chi connectivity index (χ2n) is 3.64. The molecule has 1 aromatic carbocycles. The van der Waals surface area contributed by atoms with E-state index in [1.807, 2.05) is 12.1 Å². The molecule has 3 N–H and O–H groups in total. The van der Waals surface area contributed by atoms with E-state index in [4.69, 9.17) is 10.5 Å². The van der Waals surface area contributed by atoms with Crippen LogP contribution in [0.1, 0.15) is 0 Å². The highest BCUT2D eigenvalue weighted by molar-refractivity contribution is 7.99. The molecule has 7 heteroatoms. The van der Waals surface area contributed by atoms with Crippen LogP contribution >= 0.6 is 11.8 Å². The van der Waals surface area contributed by atoms with E-state index in [0.29, 0.717) is 23.2 Å². The number of aromatic nitrogens is 3. The molecule has 0 aliphatic heterocycles. The topological polar surface area (TPSA) is 85.9 Å². The van der Waals surface area contributed by atoms with Crippen LogP contribution in [0.2, 0.25) is 0 Å². The van der Waals surface area contributed by atoms with Crippen molar-refractivity contribution in [1.82, 2.24) is 14.8 Å². The van der Waals surface area contributed by atoms with E-state index in [2.05, 4.69) is 10.2 Å². The average molecular weight is 266 g/mol. The number of nitrogens with zero attached hydrogens (tertiary/aromatic N) is 2. The lowest BCUT2D eigenvalue weighted by atomic mass is 10.3. The molecule has 0 bridgehead atoms. The predicted molar refractivity (Wildman–Crippen MR) is 70.9 cm³/mol. The molecule has 0 fully saturated rings. The number of thioether (sulfide) groups is 1. The number of nitrogens with two attached hydrogens (primary N) is 1. The number of hydrogen-bond donors (Lipinski definition) is 2. The maximum absolute atomic E-state index is 11.1. The minimum absolute atomic E-state index is 0.211. The van der Waals surface area contributed by atoms with Gasteiger partial charge in [-0.1, -0.05) is 11.8 Å². The molecule has 0 amide bonds. The highest BCUT2D eigenvalue weighted by atomic mass is 32.2. The SMILES string of the molecule is Cn1c(SCCOc2ccc(N)cc2)n[nH]c1=O. The van der Waals surface area contributed by atoms with Crippen LogP contribution in [-0.2, 0) is 7.05 Å². The van der Waals surface area contributed by atoms with Gasteiger partial charge in [-0.05, 0) is 24.3 Å². The summed E-state index contributed by atoms with van der Waals surface area (Å²) in [6.45, 7) is 0.537. The monoisotopic (exact) mass is 266 g/mol. The van der Waals surface area contributed by atoms with Crippen LogP contribution in [0.15, 0.2) is 34.2 Å². The van der Waals surface area contributed by atoms with Crippen molar-refractivity contribution in [3.63, 3.8) is 0 Å². The lowest BCUT2D eigenvalue weighted by Crippen LogP contribution is -2.13. The number of nitrogens with one attached hydrogen (secondary N) is 1. The number of rotatable bonds is 5. The van der Waals surface area contributed by atoms with Crippen molar-refractivity contribution in [2.75, 3.05) is 18.1 Å². The fourth-order valence-electron chi connectivity index (χ4n) is 1.32. The number of H-pyrrole nitrogens is 1. The maximum atomic E-state index is 11.1. The van der Waals surface area contributed by atoms with Gasteiger partial charge in [-0.25, -0.2) is 9.89 Å². The van der Waals surface area contributed by atoms with E-state index in [1.165, 1.54) is 16.3 Å². The third-order valence-electron chi connectivity index (χ3n) is 2.30. The van der Waals surface area contributed by atoms with E-state index in [9.17, 15) is 4.79 Å². The van der Waals surface area contributed by atoms with Crippen LogP contribution in [0.3, 0.4) is 0 Å². The Labute approximate surface area is 108 Å². The number of anilines is 1. The number of hydrogen-bond acceptors (Lipinski definition) is 5. The molecule has 1 aromatic heterocycles. The van der Waals surface area contributed by atoms with Crippen LogP contribution in [-0.4, -0.2) is 27.1 Å². The third kappa shape index (κ3) is 3.07. The van der Waals surface area contributed by atoms with Crippen molar-refractivity contribution in [2.45, 2.75) is 5.16 Å². The summed E-state index contributed by atoms with van der Waals surface area (Å²) >= 11 is 1.46. The van der Waals surface area contributed by atoms with Crippen LogP contribution in [0.4, 0.5) is 5.69 Å². The van der Waals surface area contributed by atoms with Gasteiger partial charge in [0.15, 0.2) is 5.16 Å². The molecular weight excluding hydrogens is 252 g/mol. The maximum Gasteiger partial charge on any atom is 0.343 e. The van der Waals surface area contributed by atoms with E-state index in [-0.39, 0.29) is 5.69 Å². The van der Waals surface area contributed by atoms with Gasteiger partial charge in [0.2, 0.25) is 0 Å². The van der Waals surface area contributed by atoms with E-state index in [1.54, 1.807) is 19.2 Å². The minimum atomic E-state index is -0.211. The summed E-state index contributed by atoms with van der Waals surface area (Å²) in [4.78, 5) is 11.1. The summed E-state index contributed by atoms with van der Waals surface area (Å²) < 4.78 is 6.99. The molecule has 0 aliphatic carbocycles. The zero-order valence-corrected chi connectivity index (χ0v) is 10.7. The quantitative estimate of drug-likeness (QED) is 0.476. The molecule has 96 valence electrons. The van der Waals surface area contributed by atoms with Crippen LogP contribution in [0, 0.1) is 0 Å². The molecule has 0 aliphatic rings. The van der Waals surface area contributed by atoms with Gasteiger partial charge in [-0.2, -0.15) is 0 Å². The van der Waals surface area contributed by atoms with Crippen LogP contribution < -0.4 is 16.2 Å². The van der Waals surface area contributed by atoms with Crippen molar-refractivity contribution in [2.24, 2.45) is 7.05 Å². The molecule has 0 saturated carbocycles. The lowest BCUT2D eigenvalue weighted by Gasteiger charge is -2.05. The zero-order valence-electron chi connectivity index (χ0n) is 9.92. The second-order valence-corrected chi connectivity index (χ2v) is 4.70. The van der Waals surface area contributed by atoms with Crippen molar-refractivity contribution in [3.8, 4) is 5.75 Å². The minimum Gasteiger partial charge on any atom is -0.493 e. The number of ether oxygens (including phenoxy) is 1. The normalized spacial score (nSPS) is 10.5. The fourth-order valence-corrected chi connectivity index (χ4v) is 2.05. The van der Waals surface area contributed by atoms with Gasteiger partial charge in [0.25, 0.3) is 0 Å². The lowest BCUT2D eigenvalue weighted by molar-refractivity contribution is 0.344. The average Bonchev–Trinajstić information content (AvgIpc) is 2.68. The van der Waals surface area contributed by atoms with Gasteiger partial charge in [-0.15, -0.1) is 5.10 Å². The highest BCUT2D eigenvalue weighted by Crippen LogP contribution is 2.15. The first-order chi connectivity index (χ1) is 8.66. The largest absolute Gasteiger partial charge is 0.493 e. The van der Waals surface area contributed by atoms with Gasteiger partial charge in [0, 0.05) is 18.5 Å². The Bertz CT molecular complexity index is 561. The standard InChI is InChI=1S/C11H14N4O2S/c1-15-10(16)13-14-11(15)18-7-6-17-9-4-2-8(12)3-5-9/h2-5H,6-7,12H2,1H3,(H,13,16). The third-order valence-corrected chi connectivity index (χ3v) is 3.30. The highest BCUT2D eigenvalue weighted by Gasteiger charge is 2.04. The molecule has 0 unspecified atom stereocenters. The first-order valence-corrected chi connectivity index (χ1v) is 6.38. The van der Waals surface area contributed by atoms with Crippen LogP contribution in [0.25, 0.3) is 0 Å². The van der Waals surface area contributed by atoms with Gasteiger partial charge >= 0.3 is 5.69 Å². The van der Waals surface area contributed by atoms with Crippen molar-refractivity contribution < 1.29 is 4.74 Å². The molecule has 0 radical (unpaired) electrons. The van der Waals surface area contributed by atoms with Gasteiger partial charge in [0.05, 0.1) is 6.61 Å². The summed E-state index contributed by atoms with van der Waals surface area (Å²) in [5.41, 5.74) is 6.07. The Balaban J connectivity index is 1.78. The van der Waals surface area contributed by atoms with Crippen LogP contribution in [0.5, 0.6) is 5.75 Å². The fraction of sp³-hybridized carbons (Fsp3) is 0.273. The van der Waals surface area contributed by atoms with Gasteiger partial charge in [-0.3, -0.25) is 4.57 Å². The van der Waals surface area contributed by atoms with Gasteiger partial charge < -0.3 is 10.5 Å². The Hall–Kier alpha value is -1.89. The molecule has 0 spiro atoms. The Morgan fingerprint density at radius 3 is 2.78 bits per heavy atom. The van der Waals surface area contributed by atoms with E-state index in [0.717, 1.165) is 5.75 Å². The molecular formula is C11H14N4O2S. The Morgan fingerprint density at radius 1 is 1.44 bits per heavy atom. The molecule has 6 nitrogen and oxygen atoms in total. The second kappa shape index (κ2) is 5.63. The summed E-state index contributed by atoms with van der Waals surface area (Å²) in [5, 5.41) is 6.93. The predicted octanol–water partition coefficient (Wildman–Crippen LogP) is 0.862. The number of benzene rings is 1. The van der Waals surface area contributed by atoms with Crippen molar-refractivity contribution in [3.05, 3.63) is 34.7 Å². The molecule has 0 atom stereocenters. The smallest absolute Gasteiger partial charge is 0.343 e.